The van der Waals surface area contributed by atoms with Gasteiger partial charge in [0.25, 0.3) is 0 Å². The zero-order valence-electron chi connectivity index (χ0n) is 11.8. The highest BCUT2D eigenvalue weighted by molar-refractivity contribution is 4.82. The van der Waals surface area contributed by atoms with Gasteiger partial charge in [-0.15, -0.1) is 0 Å². The van der Waals surface area contributed by atoms with E-state index in [0.717, 1.165) is 17.9 Å². The molecule has 2 unspecified atom stereocenters. The standard InChI is InChI=1S/C15H30N2/c1-13-4-3-5-15(12-13)17-10-7-14(8-11-17)6-9-16-2/h13-16H,3-12H2,1-2H3. The van der Waals surface area contributed by atoms with Crippen LogP contribution in [-0.4, -0.2) is 37.6 Å². The summed E-state index contributed by atoms with van der Waals surface area (Å²) in [7, 11) is 2.07. The maximum absolute atomic E-state index is 3.28. The second-order valence-corrected chi connectivity index (χ2v) is 6.30. The van der Waals surface area contributed by atoms with Gasteiger partial charge in [0.05, 0.1) is 0 Å². The molecule has 0 spiro atoms. The number of piperidine rings is 1. The average Bonchev–Trinajstić information content (AvgIpc) is 2.37. The quantitative estimate of drug-likeness (QED) is 0.810. The van der Waals surface area contributed by atoms with E-state index in [9.17, 15) is 0 Å². The molecule has 100 valence electrons. The molecule has 2 heteroatoms. The summed E-state index contributed by atoms with van der Waals surface area (Å²) in [6, 6.07) is 0.920. The summed E-state index contributed by atoms with van der Waals surface area (Å²) in [5.41, 5.74) is 0. The molecule has 1 saturated carbocycles. The van der Waals surface area contributed by atoms with Crippen molar-refractivity contribution < 1.29 is 0 Å². The van der Waals surface area contributed by atoms with Crippen LogP contribution in [0.1, 0.15) is 51.9 Å². The summed E-state index contributed by atoms with van der Waals surface area (Å²) >= 11 is 0. The molecule has 2 rings (SSSR count). The van der Waals surface area contributed by atoms with Crippen molar-refractivity contribution in [3.05, 3.63) is 0 Å². The first-order valence-corrected chi connectivity index (χ1v) is 7.68. The molecular weight excluding hydrogens is 208 g/mol. The SMILES string of the molecule is CNCCC1CCN(C2CCCC(C)C2)CC1. The highest BCUT2D eigenvalue weighted by Crippen LogP contribution is 2.30. The van der Waals surface area contributed by atoms with Gasteiger partial charge in [0, 0.05) is 6.04 Å². The number of nitrogens with zero attached hydrogens (tertiary/aromatic N) is 1. The van der Waals surface area contributed by atoms with Gasteiger partial charge in [-0.3, -0.25) is 0 Å². The first kappa shape index (κ1) is 13.4. The molecule has 0 aromatic heterocycles. The Bertz CT molecular complexity index is 209. The van der Waals surface area contributed by atoms with Gasteiger partial charge in [-0.05, 0) is 70.6 Å². The Morgan fingerprint density at radius 2 is 1.88 bits per heavy atom. The van der Waals surface area contributed by atoms with Crippen LogP contribution in [0.15, 0.2) is 0 Å². The Balaban J connectivity index is 1.71. The largest absolute Gasteiger partial charge is 0.320 e. The van der Waals surface area contributed by atoms with Crippen molar-refractivity contribution >= 4 is 0 Å². The van der Waals surface area contributed by atoms with Gasteiger partial charge >= 0.3 is 0 Å². The third-order valence-electron chi connectivity index (χ3n) is 4.88. The van der Waals surface area contributed by atoms with E-state index in [0.29, 0.717) is 0 Å². The van der Waals surface area contributed by atoms with Crippen molar-refractivity contribution in [1.82, 2.24) is 10.2 Å². The van der Waals surface area contributed by atoms with Gasteiger partial charge in [0.2, 0.25) is 0 Å². The Morgan fingerprint density at radius 1 is 1.12 bits per heavy atom. The average molecular weight is 238 g/mol. The fourth-order valence-electron chi connectivity index (χ4n) is 3.69. The van der Waals surface area contributed by atoms with Gasteiger partial charge in [-0.25, -0.2) is 0 Å². The van der Waals surface area contributed by atoms with Gasteiger partial charge in [-0.1, -0.05) is 19.8 Å². The summed E-state index contributed by atoms with van der Waals surface area (Å²) in [4.78, 5) is 2.80. The van der Waals surface area contributed by atoms with Crippen molar-refractivity contribution in [3.8, 4) is 0 Å². The minimum atomic E-state index is 0.920. The maximum Gasteiger partial charge on any atom is 0.00977 e. The molecule has 0 bridgehead atoms. The van der Waals surface area contributed by atoms with Crippen LogP contribution in [0.3, 0.4) is 0 Å². The van der Waals surface area contributed by atoms with Gasteiger partial charge in [-0.2, -0.15) is 0 Å². The summed E-state index contributed by atoms with van der Waals surface area (Å²) < 4.78 is 0. The van der Waals surface area contributed by atoms with E-state index >= 15 is 0 Å². The number of nitrogens with one attached hydrogen (secondary N) is 1. The zero-order chi connectivity index (χ0) is 12.1. The van der Waals surface area contributed by atoms with Crippen molar-refractivity contribution in [1.29, 1.82) is 0 Å². The molecule has 0 amide bonds. The van der Waals surface area contributed by atoms with E-state index in [1.165, 1.54) is 64.6 Å². The van der Waals surface area contributed by atoms with Crippen molar-refractivity contribution in [2.75, 3.05) is 26.7 Å². The number of likely N-dealkylation sites (tertiary alicyclic amines) is 1. The van der Waals surface area contributed by atoms with E-state index in [2.05, 4.69) is 24.2 Å². The monoisotopic (exact) mass is 238 g/mol. The molecule has 17 heavy (non-hydrogen) atoms. The summed E-state index contributed by atoms with van der Waals surface area (Å²) in [6.45, 7) is 6.37. The first-order valence-electron chi connectivity index (χ1n) is 7.68. The molecule has 2 nitrogen and oxygen atoms in total. The first-order chi connectivity index (χ1) is 8.29. The van der Waals surface area contributed by atoms with Gasteiger partial charge in [0.1, 0.15) is 0 Å². The third kappa shape index (κ3) is 3.96. The van der Waals surface area contributed by atoms with Gasteiger partial charge in [0.15, 0.2) is 0 Å². The summed E-state index contributed by atoms with van der Waals surface area (Å²) in [5, 5.41) is 3.28. The van der Waals surface area contributed by atoms with Crippen molar-refractivity contribution in [2.45, 2.75) is 57.9 Å². The van der Waals surface area contributed by atoms with Crippen LogP contribution >= 0.6 is 0 Å². The predicted octanol–water partition coefficient (Wildman–Crippen LogP) is 2.89. The molecule has 1 aliphatic heterocycles. The van der Waals surface area contributed by atoms with E-state index in [1.54, 1.807) is 0 Å². The van der Waals surface area contributed by atoms with Crippen LogP contribution in [-0.2, 0) is 0 Å². The van der Waals surface area contributed by atoms with E-state index < -0.39 is 0 Å². The lowest BCUT2D eigenvalue weighted by Gasteiger charge is -2.40. The molecular formula is C15H30N2. The van der Waals surface area contributed by atoms with Crippen LogP contribution in [0.5, 0.6) is 0 Å². The minimum Gasteiger partial charge on any atom is -0.320 e. The predicted molar refractivity (Wildman–Crippen MR) is 74.3 cm³/mol. The fourth-order valence-corrected chi connectivity index (χ4v) is 3.69. The molecule has 2 fully saturated rings. The Kier molecular flexibility index (Phi) is 5.30. The van der Waals surface area contributed by atoms with Crippen LogP contribution < -0.4 is 5.32 Å². The van der Waals surface area contributed by atoms with Crippen LogP contribution in [0.4, 0.5) is 0 Å². The highest BCUT2D eigenvalue weighted by Gasteiger charge is 2.27. The molecule has 1 N–H and O–H groups in total. The molecule has 0 aromatic rings. The van der Waals surface area contributed by atoms with Crippen LogP contribution in [0, 0.1) is 11.8 Å². The second kappa shape index (κ2) is 6.75. The molecule has 1 saturated heterocycles. The molecule has 1 aliphatic carbocycles. The second-order valence-electron chi connectivity index (χ2n) is 6.30. The molecule has 1 heterocycles. The summed E-state index contributed by atoms with van der Waals surface area (Å²) in [6.07, 6.45) is 10.1. The Labute approximate surface area is 107 Å². The smallest absolute Gasteiger partial charge is 0.00977 e. The van der Waals surface area contributed by atoms with Crippen LogP contribution in [0.25, 0.3) is 0 Å². The number of hydrogen-bond donors (Lipinski definition) is 1. The number of rotatable bonds is 4. The molecule has 2 aliphatic rings. The maximum atomic E-state index is 3.28. The van der Waals surface area contributed by atoms with Crippen LogP contribution in [0.2, 0.25) is 0 Å². The lowest BCUT2D eigenvalue weighted by Crippen LogP contribution is -2.43. The topological polar surface area (TPSA) is 15.3 Å². The molecule has 0 aromatic carbocycles. The molecule has 2 atom stereocenters. The Morgan fingerprint density at radius 3 is 2.53 bits per heavy atom. The fraction of sp³-hybridized carbons (Fsp3) is 1.00. The highest BCUT2D eigenvalue weighted by atomic mass is 15.2. The number of hydrogen-bond acceptors (Lipinski definition) is 2. The Hall–Kier alpha value is -0.0800. The molecule has 0 radical (unpaired) electrons. The van der Waals surface area contributed by atoms with Crippen molar-refractivity contribution in [2.24, 2.45) is 11.8 Å². The lowest BCUT2D eigenvalue weighted by atomic mass is 9.84. The third-order valence-corrected chi connectivity index (χ3v) is 4.88. The summed E-state index contributed by atoms with van der Waals surface area (Å²) in [5.74, 6) is 1.95. The normalized spacial score (nSPS) is 32.8. The lowest BCUT2D eigenvalue weighted by molar-refractivity contribution is 0.0908. The van der Waals surface area contributed by atoms with Gasteiger partial charge < -0.3 is 10.2 Å². The minimum absolute atomic E-state index is 0.920. The van der Waals surface area contributed by atoms with Crippen molar-refractivity contribution in [3.63, 3.8) is 0 Å². The van der Waals surface area contributed by atoms with E-state index in [-0.39, 0.29) is 0 Å². The van der Waals surface area contributed by atoms with E-state index in [1.807, 2.05) is 0 Å². The van der Waals surface area contributed by atoms with E-state index in [4.69, 9.17) is 0 Å². The zero-order valence-corrected chi connectivity index (χ0v) is 11.8.